The predicted octanol–water partition coefficient (Wildman–Crippen LogP) is 2.31. The molecule has 19 heavy (non-hydrogen) atoms. The van der Waals surface area contributed by atoms with Crippen LogP contribution in [0.5, 0.6) is 0 Å². The Balaban J connectivity index is 1.82. The molecule has 0 saturated carbocycles. The third-order valence-corrected chi connectivity index (χ3v) is 3.01. The minimum atomic E-state index is -0.644. The lowest BCUT2D eigenvalue weighted by Crippen LogP contribution is -2.28. The fraction of sp³-hybridized carbons (Fsp3) is 0.533. The summed E-state index contributed by atoms with van der Waals surface area (Å²) in [6.45, 7) is 4.66. The highest BCUT2D eigenvalue weighted by atomic mass is 16.8. The zero-order chi connectivity index (χ0) is 13.7. The Kier molecular flexibility index (Phi) is 4.69. The van der Waals surface area contributed by atoms with Gasteiger partial charge in [-0.1, -0.05) is 30.3 Å². The molecule has 1 fully saturated rings. The number of ether oxygens (including phenoxy) is 3. The van der Waals surface area contributed by atoms with Crippen molar-refractivity contribution >= 4 is 6.29 Å². The van der Waals surface area contributed by atoms with Crippen molar-refractivity contribution < 1.29 is 19.0 Å². The fourth-order valence-electron chi connectivity index (χ4n) is 2.21. The van der Waals surface area contributed by atoms with Gasteiger partial charge >= 0.3 is 0 Å². The Morgan fingerprint density at radius 3 is 2.58 bits per heavy atom. The van der Waals surface area contributed by atoms with Crippen molar-refractivity contribution in [1.82, 2.24) is 0 Å². The maximum Gasteiger partial charge on any atom is 0.163 e. The third kappa shape index (κ3) is 4.13. The van der Waals surface area contributed by atoms with Crippen LogP contribution in [0.4, 0.5) is 0 Å². The lowest BCUT2D eigenvalue weighted by atomic mass is 10.1. The van der Waals surface area contributed by atoms with E-state index in [9.17, 15) is 4.79 Å². The van der Waals surface area contributed by atoms with Crippen LogP contribution in [0, 0.1) is 0 Å². The first-order chi connectivity index (χ1) is 9.11. The van der Waals surface area contributed by atoms with E-state index >= 15 is 0 Å². The number of aldehydes is 1. The molecule has 1 aromatic carbocycles. The largest absolute Gasteiger partial charge is 0.374 e. The molecule has 0 aromatic heterocycles. The summed E-state index contributed by atoms with van der Waals surface area (Å²) >= 11 is 0. The molecule has 0 radical (unpaired) electrons. The summed E-state index contributed by atoms with van der Waals surface area (Å²) in [5.74, 6) is -0.644. The lowest BCUT2D eigenvalue weighted by Gasteiger charge is -2.16. The summed E-state index contributed by atoms with van der Waals surface area (Å²) in [5.41, 5.74) is 1.12. The molecule has 1 saturated heterocycles. The van der Waals surface area contributed by atoms with E-state index in [2.05, 4.69) is 0 Å². The molecular weight excluding hydrogens is 244 g/mol. The van der Waals surface area contributed by atoms with Crippen molar-refractivity contribution in [3.8, 4) is 0 Å². The first-order valence-corrected chi connectivity index (χ1v) is 6.52. The summed E-state index contributed by atoms with van der Waals surface area (Å²) in [6, 6.07) is 9.95. The molecule has 0 N–H and O–H groups in total. The summed E-state index contributed by atoms with van der Waals surface area (Å²) in [7, 11) is 0. The van der Waals surface area contributed by atoms with Crippen LogP contribution in [0.2, 0.25) is 0 Å². The maximum absolute atomic E-state index is 10.6. The Labute approximate surface area is 113 Å². The van der Waals surface area contributed by atoms with Crippen LogP contribution in [0.15, 0.2) is 30.3 Å². The minimum absolute atomic E-state index is 0.191. The molecule has 104 valence electrons. The van der Waals surface area contributed by atoms with Gasteiger partial charge < -0.3 is 19.0 Å². The Morgan fingerprint density at radius 2 is 1.89 bits per heavy atom. The van der Waals surface area contributed by atoms with E-state index in [1.54, 1.807) is 0 Å². The molecule has 0 amide bonds. The van der Waals surface area contributed by atoms with Gasteiger partial charge in [0.25, 0.3) is 0 Å². The van der Waals surface area contributed by atoms with Gasteiger partial charge in [-0.2, -0.15) is 0 Å². The lowest BCUT2D eigenvalue weighted by molar-refractivity contribution is -0.151. The van der Waals surface area contributed by atoms with Gasteiger partial charge in [0, 0.05) is 6.42 Å². The summed E-state index contributed by atoms with van der Waals surface area (Å²) in [6.07, 6.45) is 0.787. The second-order valence-electron chi connectivity index (χ2n) is 5.12. The number of carbonyl (C=O) groups is 1. The van der Waals surface area contributed by atoms with E-state index < -0.39 is 5.79 Å². The van der Waals surface area contributed by atoms with Crippen LogP contribution < -0.4 is 0 Å². The van der Waals surface area contributed by atoms with Crippen molar-refractivity contribution in [2.45, 2.75) is 44.9 Å². The number of benzene rings is 1. The zero-order valence-corrected chi connectivity index (χ0v) is 11.4. The van der Waals surface area contributed by atoms with Crippen molar-refractivity contribution in [3.05, 3.63) is 35.9 Å². The van der Waals surface area contributed by atoms with Gasteiger partial charge in [-0.05, 0) is 19.4 Å². The molecule has 2 rings (SSSR count). The van der Waals surface area contributed by atoms with E-state index in [1.165, 1.54) is 0 Å². The highest BCUT2D eigenvalue weighted by Gasteiger charge is 2.40. The predicted molar refractivity (Wildman–Crippen MR) is 70.6 cm³/mol. The van der Waals surface area contributed by atoms with Gasteiger partial charge in [0.1, 0.15) is 12.4 Å². The van der Waals surface area contributed by atoms with Gasteiger partial charge in [0.05, 0.1) is 19.3 Å². The van der Waals surface area contributed by atoms with Crippen LogP contribution >= 0.6 is 0 Å². The monoisotopic (exact) mass is 264 g/mol. The molecule has 0 aliphatic carbocycles. The Bertz CT molecular complexity index is 402. The van der Waals surface area contributed by atoms with E-state index in [4.69, 9.17) is 14.2 Å². The molecule has 4 heteroatoms. The standard InChI is InChI=1S/C15H20O4/c1-15(2)18-13(8-9-16)14(19-15)11-17-10-12-6-4-3-5-7-12/h3-7,9,13-14H,8,10-11H2,1-2H3/t13-,14-/m1/s1. The Morgan fingerprint density at radius 1 is 1.21 bits per heavy atom. The minimum Gasteiger partial charge on any atom is -0.374 e. The second-order valence-corrected chi connectivity index (χ2v) is 5.12. The van der Waals surface area contributed by atoms with Crippen molar-refractivity contribution in [3.63, 3.8) is 0 Å². The fourth-order valence-corrected chi connectivity index (χ4v) is 2.21. The second kappa shape index (κ2) is 6.28. The highest BCUT2D eigenvalue weighted by Crippen LogP contribution is 2.29. The third-order valence-electron chi connectivity index (χ3n) is 3.01. The molecule has 1 aromatic rings. The van der Waals surface area contributed by atoms with Crippen LogP contribution in [0.3, 0.4) is 0 Å². The number of carbonyl (C=O) groups excluding carboxylic acids is 1. The smallest absolute Gasteiger partial charge is 0.163 e. The molecular formula is C15H20O4. The van der Waals surface area contributed by atoms with Crippen molar-refractivity contribution in [2.75, 3.05) is 6.61 Å². The van der Waals surface area contributed by atoms with Crippen LogP contribution in [0.25, 0.3) is 0 Å². The van der Waals surface area contributed by atoms with E-state index in [0.29, 0.717) is 19.6 Å². The molecule has 0 spiro atoms. The van der Waals surface area contributed by atoms with Crippen LogP contribution in [0.1, 0.15) is 25.8 Å². The van der Waals surface area contributed by atoms with E-state index in [1.807, 2.05) is 44.2 Å². The van der Waals surface area contributed by atoms with Crippen LogP contribution in [-0.2, 0) is 25.6 Å². The molecule has 1 aliphatic heterocycles. The molecule has 1 heterocycles. The average molecular weight is 264 g/mol. The highest BCUT2D eigenvalue weighted by molar-refractivity contribution is 5.50. The molecule has 4 nitrogen and oxygen atoms in total. The number of hydrogen-bond donors (Lipinski definition) is 0. The molecule has 0 bridgehead atoms. The average Bonchev–Trinajstić information content (AvgIpc) is 2.66. The first-order valence-electron chi connectivity index (χ1n) is 6.52. The molecule has 0 unspecified atom stereocenters. The van der Waals surface area contributed by atoms with Crippen molar-refractivity contribution in [1.29, 1.82) is 0 Å². The first kappa shape index (κ1) is 14.2. The normalized spacial score (nSPS) is 25.4. The number of rotatable bonds is 6. The SMILES string of the molecule is CC1(C)O[C@H](CC=O)[C@@H](COCc2ccccc2)O1. The topological polar surface area (TPSA) is 44.8 Å². The van der Waals surface area contributed by atoms with Crippen molar-refractivity contribution in [2.24, 2.45) is 0 Å². The zero-order valence-electron chi connectivity index (χ0n) is 11.4. The van der Waals surface area contributed by atoms with E-state index in [0.717, 1.165) is 11.8 Å². The van der Waals surface area contributed by atoms with Gasteiger partial charge in [0.15, 0.2) is 5.79 Å². The van der Waals surface area contributed by atoms with E-state index in [-0.39, 0.29) is 12.2 Å². The van der Waals surface area contributed by atoms with Crippen LogP contribution in [-0.4, -0.2) is 30.9 Å². The Hall–Kier alpha value is -1.23. The molecule has 1 aliphatic rings. The van der Waals surface area contributed by atoms with Gasteiger partial charge in [0.2, 0.25) is 0 Å². The number of hydrogen-bond acceptors (Lipinski definition) is 4. The maximum atomic E-state index is 10.6. The van der Waals surface area contributed by atoms with Gasteiger partial charge in [-0.15, -0.1) is 0 Å². The van der Waals surface area contributed by atoms with Gasteiger partial charge in [-0.25, -0.2) is 0 Å². The summed E-state index contributed by atoms with van der Waals surface area (Å²) < 4.78 is 17.1. The summed E-state index contributed by atoms with van der Waals surface area (Å²) in [5, 5.41) is 0. The van der Waals surface area contributed by atoms with Gasteiger partial charge in [-0.3, -0.25) is 0 Å². The quantitative estimate of drug-likeness (QED) is 0.740. The summed E-state index contributed by atoms with van der Waals surface area (Å²) in [4.78, 5) is 10.6. The molecule has 2 atom stereocenters.